The van der Waals surface area contributed by atoms with Crippen LogP contribution in [0.5, 0.6) is 0 Å². The lowest BCUT2D eigenvalue weighted by Crippen LogP contribution is -2.33. The van der Waals surface area contributed by atoms with Crippen LogP contribution in [0, 0.1) is 0 Å². The maximum absolute atomic E-state index is 12.8. The van der Waals surface area contributed by atoms with Crippen LogP contribution in [-0.2, 0) is 4.79 Å². The number of nitrogens with one attached hydrogen (secondary N) is 2. The van der Waals surface area contributed by atoms with Gasteiger partial charge in [0.1, 0.15) is 11.5 Å². The summed E-state index contributed by atoms with van der Waals surface area (Å²) >= 11 is 6.55. The first-order valence-corrected chi connectivity index (χ1v) is 11.1. The summed E-state index contributed by atoms with van der Waals surface area (Å²) in [4.78, 5) is 25.4. The Kier molecular flexibility index (Phi) is 8.35. The summed E-state index contributed by atoms with van der Waals surface area (Å²) in [5, 5.41) is 6.59. The monoisotopic (exact) mass is 555 g/mol. The van der Waals surface area contributed by atoms with Gasteiger partial charge in [0.05, 0.1) is 10.7 Å². The normalized spacial score (nSPS) is 12.1. The average molecular weight is 557 g/mol. The minimum atomic E-state index is -0.573. The number of allylic oxidation sites excluding steroid dienone is 2. The fourth-order valence-corrected chi connectivity index (χ4v) is 3.27. The van der Waals surface area contributed by atoms with Crippen molar-refractivity contribution >= 4 is 56.0 Å². The second kappa shape index (κ2) is 11.4. The Bertz CT molecular complexity index is 1160. The minimum absolute atomic E-state index is 0.0579. The molecule has 2 N–H and O–H groups in total. The third kappa shape index (κ3) is 6.90. The van der Waals surface area contributed by atoms with E-state index in [1.54, 1.807) is 36.4 Å². The van der Waals surface area contributed by atoms with E-state index in [9.17, 15) is 9.59 Å². The number of hydrogen-bond acceptors (Lipinski definition) is 4. The second-order valence-corrected chi connectivity index (χ2v) is 8.22. The summed E-state index contributed by atoms with van der Waals surface area (Å²) in [7, 11) is 0. The number of halogens is 2. The van der Waals surface area contributed by atoms with Gasteiger partial charge < -0.3 is 9.73 Å². The van der Waals surface area contributed by atoms with Crippen molar-refractivity contribution in [1.29, 1.82) is 0 Å². The van der Waals surface area contributed by atoms with Gasteiger partial charge in [-0.2, -0.15) is 5.10 Å². The van der Waals surface area contributed by atoms with Gasteiger partial charge in [0.25, 0.3) is 11.8 Å². The van der Waals surface area contributed by atoms with Crippen LogP contribution in [0.2, 0.25) is 0 Å². The molecule has 0 atom stereocenters. The van der Waals surface area contributed by atoms with E-state index in [2.05, 4.69) is 47.7 Å². The molecule has 0 radical (unpaired) electrons. The molecule has 3 aromatic rings. The van der Waals surface area contributed by atoms with E-state index < -0.39 is 11.8 Å². The van der Waals surface area contributed by atoms with E-state index in [4.69, 9.17) is 4.42 Å². The van der Waals surface area contributed by atoms with Crippen LogP contribution < -0.4 is 10.7 Å². The molecule has 0 bridgehead atoms. The Balaban J connectivity index is 1.80. The highest BCUT2D eigenvalue weighted by atomic mass is 79.9. The average Bonchev–Trinajstić information content (AvgIpc) is 3.11. The van der Waals surface area contributed by atoms with E-state index in [1.165, 1.54) is 6.21 Å². The molecule has 0 aliphatic heterocycles. The van der Waals surface area contributed by atoms with E-state index >= 15 is 0 Å². The molecule has 6 nitrogen and oxygen atoms in total. The molecular formula is C24H19Br2N3O3. The molecule has 0 unspecified atom stereocenters. The number of furan rings is 1. The van der Waals surface area contributed by atoms with E-state index in [1.807, 2.05) is 49.4 Å². The summed E-state index contributed by atoms with van der Waals surface area (Å²) in [5.74, 6) is -0.540. The van der Waals surface area contributed by atoms with Gasteiger partial charge in [0.2, 0.25) is 0 Å². The lowest BCUT2D eigenvalue weighted by Gasteiger charge is -2.09. The fraction of sp³-hybridized carbons (Fsp3) is 0.0417. The number of nitrogens with zero attached hydrogens (tertiary/aromatic N) is 1. The molecule has 8 heteroatoms. The molecule has 162 valence electrons. The molecule has 0 spiro atoms. The highest BCUT2D eigenvalue weighted by Gasteiger charge is 2.14. The van der Waals surface area contributed by atoms with Crippen LogP contribution in [0.3, 0.4) is 0 Å². The topological polar surface area (TPSA) is 83.7 Å². The van der Waals surface area contributed by atoms with Gasteiger partial charge in [-0.3, -0.25) is 9.59 Å². The van der Waals surface area contributed by atoms with Crippen LogP contribution >= 0.6 is 31.9 Å². The third-order valence-corrected chi connectivity index (χ3v) is 5.83. The molecular weight excluding hydrogens is 538 g/mol. The van der Waals surface area contributed by atoms with Gasteiger partial charge >= 0.3 is 0 Å². The van der Waals surface area contributed by atoms with Gasteiger partial charge in [0.15, 0.2) is 4.67 Å². The van der Waals surface area contributed by atoms with Crippen LogP contribution in [0.1, 0.15) is 28.6 Å². The highest BCUT2D eigenvalue weighted by molar-refractivity contribution is 9.13. The van der Waals surface area contributed by atoms with Crippen molar-refractivity contribution < 1.29 is 14.0 Å². The van der Waals surface area contributed by atoms with Crippen molar-refractivity contribution in [1.82, 2.24) is 10.7 Å². The summed E-state index contributed by atoms with van der Waals surface area (Å²) < 4.78 is 6.63. The number of hydrogen-bond donors (Lipinski definition) is 2. The molecule has 1 heterocycles. The first-order valence-electron chi connectivity index (χ1n) is 9.52. The van der Waals surface area contributed by atoms with Crippen molar-refractivity contribution in [2.24, 2.45) is 5.10 Å². The zero-order valence-electron chi connectivity index (χ0n) is 17.0. The van der Waals surface area contributed by atoms with Crippen molar-refractivity contribution in [3.8, 4) is 0 Å². The largest absolute Gasteiger partial charge is 0.447 e. The van der Waals surface area contributed by atoms with Gasteiger partial charge in [0, 0.05) is 11.6 Å². The Hall–Kier alpha value is -3.23. The highest BCUT2D eigenvalue weighted by Crippen LogP contribution is 2.25. The van der Waals surface area contributed by atoms with E-state index in [-0.39, 0.29) is 5.70 Å². The minimum Gasteiger partial charge on any atom is -0.447 e. The molecule has 1 aromatic heterocycles. The summed E-state index contributed by atoms with van der Waals surface area (Å²) in [6, 6.07) is 20.0. The molecule has 0 saturated heterocycles. The molecule has 3 rings (SSSR count). The van der Waals surface area contributed by atoms with Crippen LogP contribution in [0.4, 0.5) is 0 Å². The predicted octanol–water partition coefficient (Wildman–Crippen LogP) is 5.67. The van der Waals surface area contributed by atoms with Gasteiger partial charge in [-0.15, -0.1) is 0 Å². The summed E-state index contributed by atoms with van der Waals surface area (Å²) in [6.45, 7) is 1.84. The van der Waals surface area contributed by atoms with Crippen LogP contribution in [0.15, 0.2) is 103 Å². The number of amides is 2. The quantitative estimate of drug-likeness (QED) is 0.170. The van der Waals surface area contributed by atoms with Gasteiger partial charge in [-0.1, -0.05) is 54.6 Å². The Labute approximate surface area is 202 Å². The fourth-order valence-electron chi connectivity index (χ4n) is 2.67. The molecule has 0 saturated carbocycles. The Morgan fingerprint density at radius 1 is 1.00 bits per heavy atom. The standard InChI is InChI=1S/C24H19Br2N3O3/c1-16(12-17-8-4-2-5-9-17)13-21(28-23(30)18-10-6-3-7-11-18)24(31)29-27-15-19-14-20(25)22(26)32-19/h2-15H,1H3,(H,28,30)(H,29,31)/b16-12+,21-13+,27-15?. The summed E-state index contributed by atoms with van der Waals surface area (Å²) in [6.07, 6.45) is 4.86. The maximum atomic E-state index is 12.8. The molecule has 2 aromatic carbocycles. The van der Waals surface area contributed by atoms with E-state index in [0.717, 1.165) is 15.6 Å². The molecule has 32 heavy (non-hydrogen) atoms. The molecule has 0 fully saturated rings. The first-order chi connectivity index (χ1) is 15.4. The zero-order valence-corrected chi connectivity index (χ0v) is 20.2. The molecule has 0 aliphatic carbocycles. The van der Waals surface area contributed by atoms with Gasteiger partial charge in [-0.25, -0.2) is 5.43 Å². The lowest BCUT2D eigenvalue weighted by molar-refractivity contribution is -0.117. The van der Waals surface area contributed by atoms with Crippen molar-refractivity contribution in [3.05, 3.63) is 110 Å². The van der Waals surface area contributed by atoms with Crippen molar-refractivity contribution in [3.63, 3.8) is 0 Å². The third-order valence-electron chi connectivity index (χ3n) is 4.12. The number of benzene rings is 2. The zero-order chi connectivity index (χ0) is 22.9. The van der Waals surface area contributed by atoms with Crippen molar-refractivity contribution in [2.75, 3.05) is 0 Å². The van der Waals surface area contributed by atoms with Crippen molar-refractivity contribution in [2.45, 2.75) is 6.92 Å². The van der Waals surface area contributed by atoms with Crippen LogP contribution in [0.25, 0.3) is 6.08 Å². The molecule has 2 amide bonds. The number of carbonyl (C=O) groups is 2. The van der Waals surface area contributed by atoms with E-state index in [0.29, 0.717) is 16.0 Å². The number of hydrazone groups is 1. The second-order valence-electron chi connectivity index (χ2n) is 6.65. The first kappa shape index (κ1) is 23.4. The summed E-state index contributed by atoms with van der Waals surface area (Å²) in [5.41, 5.74) is 4.66. The SMILES string of the molecule is CC(=C\c1ccccc1)/C=C(/NC(=O)c1ccccc1)C(=O)NN=Cc1cc(Br)c(Br)o1. The van der Waals surface area contributed by atoms with Gasteiger partial charge in [-0.05, 0) is 68.1 Å². The smallest absolute Gasteiger partial charge is 0.287 e. The lowest BCUT2D eigenvalue weighted by atomic mass is 10.1. The van der Waals surface area contributed by atoms with Crippen LogP contribution in [-0.4, -0.2) is 18.0 Å². The number of rotatable bonds is 7. The molecule has 0 aliphatic rings. The predicted molar refractivity (Wildman–Crippen MR) is 132 cm³/mol. The maximum Gasteiger partial charge on any atom is 0.287 e. The Morgan fingerprint density at radius 2 is 1.66 bits per heavy atom. The Morgan fingerprint density at radius 3 is 2.28 bits per heavy atom. The number of carbonyl (C=O) groups excluding carboxylic acids is 2.